The first kappa shape index (κ1) is 21.5. The molecule has 0 radical (unpaired) electrons. The molecular weight excluding hydrogens is 389 g/mol. The standard InChI is InChI=1S/C20H21ClFNO5/c1-12(20(25)23-18-6-5-14(21)10-17(18)22)28-19(24)7-4-13-8-15(26-2)11-16(9-13)27-3/h5-6,8-12H,4,7H2,1-3H3,(H,23,25)/t12-/m0/s1. The van der Waals surface area contributed by atoms with Crippen molar-refractivity contribution in [3.8, 4) is 11.5 Å². The summed E-state index contributed by atoms with van der Waals surface area (Å²) in [5.74, 6) is -0.647. The topological polar surface area (TPSA) is 73.9 Å². The van der Waals surface area contributed by atoms with Crippen molar-refractivity contribution in [1.82, 2.24) is 0 Å². The molecule has 0 aliphatic heterocycles. The van der Waals surface area contributed by atoms with Crippen LogP contribution in [0.25, 0.3) is 0 Å². The highest BCUT2D eigenvalue weighted by atomic mass is 35.5. The molecule has 1 amide bonds. The first-order valence-electron chi connectivity index (χ1n) is 8.49. The Bertz CT molecular complexity index is 836. The van der Waals surface area contributed by atoms with Gasteiger partial charge in [0.25, 0.3) is 5.91 Å². The van der Waals surface area contributed by atoms with E-state index in [0.717, 1.165) is 11.6 Å². The minimum Gasteiger partial charge on any atom is -0.497 e. The predicted octanol–water partition coefficient (Wildman–Crippen LogP) is 4.00. The molecule has 2 aromatic carbocycles. The number of amides is 1. The minimum atomic E-state index is -1.08. The third kappa shape index (κ3) is 6.13. The quantitative estimate of drug-likeness (QED) is 0.667. The van der Waals surface area contributed by atoms with E-state index in [4.69, 9.17) is 25.8 Å². The van der Waals surface area contributed by atoms with Crippen molar-refractivity contribution in [1.29, 1.82) is 0 Å². The van der Waals surface area contributed by atoms with E-state index < -0.39 is 23.8 Å². The summed E-state index contributed by atoms with van der Waals surface area (Å²) >= 11 is 5.67. The minimum absolute atomic E-state index is 0.0409. The van der Waals surface area contributed by atoms with Gasteiger partial charge in [-0.25, -0.2) is 4.39 Å². The van der Waals surface area contributed by atoms with E-state index in [2.05, 4.69) is 5.32 Å². The molecule has 0 saturated heterocycles. The molecule has 0 spiro atoms. The summed E-state index contributed by atoms with van der Waals surface area (Å²) in [6.45, 7) is 1.41. The van der Waals surface area contributed by atoms with Crippen LogP contribution in [0.1, 0.15) is 18.9 Å². The second kappa shape index (κ2) is 9.94. The van der Waals surface area contributed by atoms with Crippen LogP contribution >= 0.6 is 11.6 Å². The second-order valence-electron chi connectivity index (χ2n) is 5.97. The Morgan fingerprint density at radius 2 is 1.75 bits per heavy atom. The van der Waals surface area contributed by atoms with Crippen LogP contribution in [-0.4, -0.2) is 32.2 Å². The normalized spacial score (nSPS) is 11.5. The van der Waals surface area contributed by atoms with Crippen molar-refractivity contribution in [3.05, 3.63) is 52.8 Å². The molecule has 8 heteroatoms. The van der Waals surface area contributed by atoms with Gasteiger partial charge in [0.05, 0.1) is 19.9 Å². The summed E-state index contributed by atoms with van der Waals surface area (Å²) in [4.78, 5) is 24.2. The van der Waals surface area contributed by atoms with E-state index in [0.29, 0.717) is 17.9 Å². The Labute approximate surface area is 167 Å². The Morgan fingerprint density at radius 1 is 1.11 bits per heavy atom. The number of aryl methyl sites for hydroxylation is 1. The van der Waals surface area contributed by atoms with Crippen molar-refractivity contribution in [2.75, 3.05) is 19.5 Å². The summed E-state index contributed by atoms with van der Waals surface area (Å²) in [7, 11) is 3.08. The third-order valence-corrected chi connectivity index (χ3v) is 4.13. The van der Waals surface area contributed by atoms with E-state index in [1.54, 1.807) is 18.2 Å². The fraction of sp³-hybridized carbons (Fsp3) is 0.300. The number of nitrogens with one attached hydrogen (secondary N) is 1. The number of anilines is 1. The molecular formula is C20H21ClFNO5. The number of carbonyl (C=O) groups excluding carboxylic acids is 2. The van der Waals surface area contributed by atoms with Gasteiger partial charge in [-0.2, -0.15) is 0 Å². The first-order chi connectivity index (χ1) is 13.3. The maximum absolute atomic E-state index is 13.7. The molecule has 1 atom stereocenters. The van der Waals surface area contributed by atoms with E-state index in [9.17, 15) is 14.0 Å². The van der Waals surface area contributed by atoms with Crippen LogP contribution in [0.3, 0.4) is 0 Å². The highest BCUT2D eigenvalue weighted by Gasteiger charge is 2.19. The van der Waals surface area contributed by atoms with Crippen LogP contribution in [0, 0.1) is 5.82 Å². The van der Waals surface area contributed by atoms with Crippen molar-refractivity contribution >= 4 is 29.2 Å². The van der Waals surface area contributed by atoms with Gasteiger partial charge in [-0.3, -0.25) is 9.59 Å². The number of hydrogen-bond acceptors (Lipinski definition) is 5. The van der Waals surface area contributed by atoms with Crippen molar-refractivity contribution in [3.63, 3.8) is 0 Å². The Hall–Kier alpha value is -2.80. The van der Waals surface area contributed by atoms with Crippen molar-refractivity contribution < 1.29 is 28.2 Å². The summed E-state index contributed by atoms with van der Waals surface area (Å²) in [5.41, 5.74) is 0.786. The molecule has 0 aromatic heterocycles. The largest absolute Gasteiger partial charge is 0.497 e. The van der Waals surface area contributed by atoms with E-state index >= 15 is 0 Å². The molecule has 0 aliphatic rings. The van der Waals surface area contributed by atoms with Crippen LogP contribution < -0.4 is 14.8 Å². The number of benzene rings is 2. The number of methoxy groups -OCH3 is 2. The SMILES string of the molecule is COc1cc(CCC(=O)O[C@@H](C)C(=O)Nc2ccc(Cl)cc2F)cc(OC)c1. The zero-order valence-corrected chi connectivity index (χ0v) is 16.5. The Morgan fingerprint density at radius 3 is 2.32 bits per heavy atom. The summed E-state index contributed by atoms with van der Waals surface area (Å²) < 4.78 is 29.2. The number of esters is 1. The lowest BCUT2D eigenvalue weighted by molar-refractivity contribution is -0.153. The average Bonchev–Trinajstić information content (AvgIpc) is 2.68. The monoisotopic (exact) mass is 409 g/mol. The third-order valence-electron chi connectivity index (χ3n) is 3.90. The van der Waals surface area contributed by atoms with Gasteiger partial charge in [-0.1, -0.05) is 11.6 Å². The van der Waals surface area contributed by atoms with Crippen LogP contribution in [-0.2, 0) is 20.7 Å². The molecule has 0 saturated carbocycles. The molecule has 1 N–H and O–H groups in total. The molecule has 2 aromatic rings. The molecule has 6 nitrogen and oxygen atoms in total. The van der Waals surface area contributed by atoms with Gasteiger partial charge in [0.2, 0.25) is 0 Å². The number of carbonyl (C=O) groups is 2. The molecule has 0 unspecified atom stereocenters. The average molecular weight is 410 g/mol. The number of rotatable bonds is 8. The van der Waals surface area contributed by atoms with Crippen LogP contribution in [0.5, 0.6) is 11.5 Å². The summed E-state index contributed by atoms with van der Waals surface area (Å²) in [6.07, 6.45) is -0.641. The van der Waals surface area contributed by atoms with E-state index in [-0.39, 0.29) is 17.1 Å². The van der Waals surface area contributed by atoms with Gasteiger partial charge in [0.15, 0.2) is 6.10 Å². The fourth-order valence-corrected chi connectivity index (χ4v) is 2.55. The predicted molar refractivity (Wildman–Crippen MR) is 103 cm³/mol. The lowest BCUT2D eigenvalue weighted by Crippen LogP contribution is -2.30. The zero-order chi connectivity index (χ0) is 20.7. The van der Waals surface area contributed by atoms with Gasteiger partial charge < -0.3 is 19.5 Å². The van der Waals surface area contributed by atoms with Gasteiger partial charge in [-0.15, -0.1) is 0 Å². The highest BCUT2D eigenvalue weighted by Crippen LogP contribution is 2.23. The van der Waals surface area contributed by atoms with Crippen molar-refractivity contribution in [2.45, 2.75) is 25.9 Å². The molecule has 0 bridgehead atoms. The summed E-state index contributed by atoms with van der Waals surface area (Å²) in [6, 6.07) is 9.16. The first-order valence-corrected chi connectivity index (χ1v) is 8.87. The second-order valence-corrected chi connectivity index (χ2v) is 6.40. The van der Waals surface area contributed by atoms with Crippen LogP contribution in [0.2, 0.25) is 5.02 Å². The molecule has 28 heavy (non-hydrogen) atoms. The molecule has 0 aliphatic carbocycles. The van der Waals surface area contributed by atoms with Gasteiger partial charge in [0.1, 0.15) is 17.3 Å². The number of halogens is 2. The zero-order valence-electron chi connectivity index (χ0n) is 15.8. The Kier molecular flexibility index (Phi) is 7.63. The Balaban J connectivity index is 1.89. The maximum atomic E-state index is 13.7. The molecule has 150 valence electrons. The van der Waals surface area contributed by atoms with E-state index in [1.165, 1.54) is 33.3 Å². The molecule has 2 rings (SSSR count). The molecule has 0 fully saturated rings. The van der Waals surface area contributed by atoms with Crippen molar-refractivity contribution in [2.24, 2.45) is 0 Å². The van der Waals surface area contributed by atoms with Crippen LogP contribution in [0.4, 0.5) is 10.1 Å². The van der Waals surface area contributed by atoms with Gasteiger partial charge in [-0.05, 0) is 49.2 Å². The highest BCUT2D eigenvalue weighted by molar-refractivity contribution is 6.30. The van der Waals surface area contributed by atoms with E-state index in [1.807, 2.05) is 0 Å². The number of ether oxygens (including phenoxy) is 3. The smallest absolute Gasteiger partial charge is 0.306 e. The molecule has 0 heterocycles. The fourth-order valence-electron chi connectivity index (χ4n) is 2.39. The lowest BCUT2D eigenvalue weighted by atomic mass is 10.1. The van der Waals surface area contributed by atoms with Gasteiger partial charge in [0, 0.05) is 17.5 Å². The number of hydrogen-bond donors (Lipinski definition) is 1. The van der Waals surface area contributed by atoms with Gasteiger partial charge >= 0.3 is 5.97 Å². The maximum Gasteiger partial charge on any atom is 0.306 e. The lowest BCUT2D eigenvalue weighted by Gasteiger charge is -2.14. The summed E-state index contributed by atoms with van der Waals surface area (Å²) in [5, 5.41) is 2.58. The van der Waals surface area contributed by atoms with Crippen LogP contribution in [0.15, 0.2) is 36.4 Å².